The van der Waals surface area contributed by atoms with Crippen molar-refractivity contribution in [2.24, 2.45) is 5.92 Å². The summed E-state index contributed by atoms with van der Waals surface area (Å²) in [5, 5.41) is 7.25. The van der Waals surface area contributed by atoms with Crippen molar-refractivity contribution in [1.82, 2.24) is 25.3 Å². The molecule has 1 aliphatic heterocycles. The topological polar surface area (TPSA) is 110 Å². The molecule has 1 saturated heterocycles. The second-order valence-corrected chi connectivity index (χ2v) is 9.47. The van der Waals surface area contributed by atoms with Crippen molar-refractivity contribution >= 4 is 11.8 Å². The number of carbonyl (C=O) groups is 2. The number of benzene rings is 1. The molecule has 188 valence electrons. The standard InChI is InChI=1S/C27H31N5O4/c1-35-21-10-8-18(9-11-21)27(34)32-14-5-3-2-4-13-29-25(33)22-15-20(16-23(22)32)26-30-24(31-36-26)19-7-6-12-28-17-19/h6-12,17,20,22-23H,2-5,13-16H2,1H3,(H,29,33)/t20-,22-,23+/m1/s1. The van der Waals surface area contributed by atoms with Crippen LogP contribution >= 0.6 is 0 Å². The van der Waals surface area contributed by atoms with Gasteiger partial charge in [0.15, 0.2) is 0 Å². The highest BCUT2D eigenvalue weighted by atomic mass is 16.5. The van der Waals surface area contributed by atoms with Gasteiger partial charge in [-0.1, -0.05) is 18.0 Å². The maximum Gasteiger partial charge on any atom is 0.254 e. The van der Waals surface area contributed by atoms with E-state index in [1.165, 1.54) is 0 Å². The minimum absolute atomic E-state index is 0.0103. The first-order valence-corrected chi connectivity index (χ1v) is 12.6. The van der Waals surface area contributed by atoms with Gasteiger partial charge in [-0.25, -0.2) is 0 Å². The third kappa shape index (κ3) is 5.10. The Labute approximate surface area is 210 Å². The summed E-state index contributed by atoms with van der Waals surface area (Å²) < 4.78 is 10.9. The van der Waals surface area contributed by atoms with Crippen LogP contribution in [0.2, 0.25) is 0 Å². The third-order valence-corrected chi connectivity index (χ3v) is 7.20. The number of fused-ring (bicyclic) bond motifs is 1. The monoisotopic (exact) mass is 489 g/mol. The molecule has 9 heteroatoms. The van der Waals surface area contributed by atoms with Gasteiger partial charge in [-0.2, -0.15) is 4.98 Å². The lowest BCUT2D eigenvalue weighted by atomic mass is 9.99. The molecule has 2 aliphatic rings. The van der Waals surface area contributed by atoms with Crippen LogP contribution in [-0.2, 0) is 4.79 Å². The molecule has 1 N–H and O–H groups in total. The second kappa shape index (κ2) is 10.9. The number of pyridine rings is 1. The number of rotatable bonds is 4. The van der Waals surface area contributed by atoms with Crippen LogP contribution in [0.4, 0.5) is 0 Å². The van der Waals surface area contributed by atoms with Gasteiger partial charge in [0.05, 0.1) is 13.0 Å². The van der Waals surface area contributed by atoms with Gasteiger partial charge in [0.25, 0.3) is 5.91 Å². The summed E-state index contributed by atoms with van der Waals surface area (Å²) in [6, 6.07) is 10.6. The fourth-order valence-corrected chi connectivity index (χ4v) is 5.28. The molecule has 0 spiro atoms. The van der Waals surface area contributed by atoms with E-state index in [1.54, 1.807) is 43.8 Å². The number of aromatic nitrogens is 3. The summed E-state index contributed by atoms with van der Waals surface area (Å²) in [4.78, 5) is 37.7. The molecule has 1 saturated carbocycles. The van der Waals surface area contributed by atoms with E-state index < -0.39 is 0 Å². The average Bonchev–Trinajstić information content (AvgIpc) is 3.58. The highest BCUT2D eigenvalue weighted by Gasteiger charge is 2.45. The number of carbonyl (C=O) groups excluding carboxylic acids is 2. The second-order valence-electron chi connectivity index (χ2n) is 9.47. The SMILES string of the molecule is COc1ccc(C(=O)N2CCCCCCNC(=O)[C@@H]3C[C@@H](c4nc(-c5cccnc5)no4)C[C@@H]32)cc1. The predicted octanol–water partition coefficient (Wildman–Crippen LogP) is 3.84. The van der Waals surface area contributed by atoms with Crippen LogP contribution < -0.4 is 10.1 Å². The fraction of sp³-hybridized carbons (Fsp3) is 0.444. The fourth-order valence-electron chi connectivity index (χ4n) is 5.28. The zero-order chi connectivity index (χ0) is 24.9. The largest absolute Gasteiger partial charge is 0.497 e. The van der Waals surface area contributed by atoms with Gasteiger partial charge >= 0.3 is 0 Å². The maximum atomic E-state index is 13.7. The van der Waals surface area contributed by atoms with Gasteiger partial charge in [-0.05, 0) is 62.1 Å². The Hall–Kier alpha value is -3.75. The summed E-state index contributed by atoms with van der Waals surface area (Å²) in [5.74, 6) is 1.14. The molecule has 5 rings (SSSR count). The number of nitrogens with zero attached hydrogens (tertiary/aromatic N) is 4. The van der Waals surface area contributed by atoms with Crippen molar-refractivity contribution in [3.8, 4) is 17.1 Å². The first kappa shape index (κ1) is 24.0. The van der Waals surface area contributed by atoms with Crippen LogP contribution in [0.3, 0.4) is 0 Å². The summed E-state index contributed by atoms with van der Waals surface area (Å²) >= 11 is 0. The number of methoxy groups -OCH3 is 1. The molecule has 2 aromatic heterocycles. The molecule has 0 bridgehead atoms. The Balaban J connectivity index is 1.43. The molecule has 1 aliphatic carbocycles. The Morgan fingerprint density at radius 1 is 1.11 bits per heavy atom. The van der Waals surface area contributed by atoms with Crippen molar-refractivity contribution in [2.75, 3.05) is 20.2 Å². The van der Waals surface area contributed by atoms with E-state index in [4.69, 9.17) is 9.26 Å². The lowest BCUT2D eigenvalue weighted by Gasteiger charge is -2.32. The molecule has 3 heterocycles. The van der Waals surface area contributed by atoms with Crippen LogP contribution in [0.5, 0.6) is 5.75 Å². The van der Waals surface area contributed by atoms with Crippen molar-refractivity contribution in [2.45, 2.75) is 50.5 Å². The molecule has 36 heavy (non-hydrogen) atoms. The van der Waals surface area contributed by atoms with Crippen molar-refractivity contribution in [3.05, 3.63) is 60.2 Å². The average molecular weight is 490 g/mol. The summed E-state index contributed by atoms with van der Waals surface area (Å²) in [6.07, 6.45) is 8.41. The Bertz CT molecular complexity index is 1180. The smallest absolute Gasteiger partial charge is 0.254 e. The highest BCUT2D eigenvalue weighted by Crippen LogP contribution is 2.42. The van der Waals surface area contributed by atoms with Crippen molar-refractivity contribution in [1.29, 1.82) is 0 Å². The van der Waals surface area contributed by atoms with E-state index in [0.29, 0.717) is 49.0 Å². The van der Waals surface area contributed by atoms with Crippen molar-refractivity contribution in [3.63, 3.8) is 0 Å². The summed E-state index contributed by atoms with van der Waals surface area (Å²) in [5.41, 5.74) is 1.36. The molecule has 9 nitrogen and oxygen atoms in total. The molecule has 0 radical (unpaired) electrons. The van der Waals surface area contributed by atoms with Crippen LogP contribution in [0.15, 0.2) is 53.3 Å². The van der Waals surface area contributed by atoms with E-state index >= 15 is 0 Å². The zero-order valence-corrected chi connectivity index (χ0v) is 20.4. The predicted molar refractivity (Wildman–Crippen MR) is 132 cm³/mol. The maximum absolute atomic E-state index is 13.7. The van der Waals surface area contributed by atoms with E-state index in [9.17, 15) is 9.59 Å². The van der Waals surface area contributed by atoms with Gasteiger partial charge in [0.2, 0.25) is 17.6 Å². The molecule has 3 aromatic rings. The van der Waals surface area contributed by atoms with Gasteiger partial charge in [0, 0.05) is 48.6 Å². The lowest BCUT2D eigenvalue weighted by Crippen LogP contribution is -2.47. The number of amides is 2. The van der Waals surface area contributed by atoms with E-state index in [1.807, 2.05) is 17.0 Å². The minimum atomic E-state index is -0.343. The Kier molecular flexibility index (Phi) is 7.25. The summed E-state index contributed by atoms with van der Waals surface area (Å²) in [6.45, 7) is 1.27. The lowest BCUT2D eigenvalue weighted by molar-refractivity contribution is -0.126. The quantitative estimate of drug-likeness (QED) is 0.593. The van der Waals surface area contributed by atoms with Crippen LogP contribution in [0.25, 0.3) is 11.4 Å². The Morgan fingerprint density at radius 2 is 1.94 bits per heavy atom. The van der Waals surface area contributed by atoms with Gasteiger partial charge < -0.3 is 19.5 Å². The van der Waals surface area contributed by atoms with Gasteiger partial charge in [0.1, 0.15) is 5.75 Å². The van der Waals surface area contributed by atoms with E-state index in [2.05, 4.69) is 20.4 Å². The molecular weight excluding hydrogens is 458 g/mol. The van der Waals surface area contributed by atoms with Gasteiger partial charge in [-0.3, -0.25) is 14.6 Å². The Morgan fingerprint density at radius 3 is 2.72 bits per heavy atom. The number of nitrogens with one attached hydrogen (secondary N) is 1. The molecule has 3 atom stereocenters. The molecule has 0 unspecified atom stereocenters. The van der Waals surface area contributed by atoms with E-state index in [-0.39, 0.29) is 29.7 Å². The zero-order valence-electron chi connectivity index (χ0n) is 20.4. The molecular formula is C27H31N5O4. The third-order valence-electron chi connectivity index (χ3n) is 7.20. The highest BCUT2D eigenvalue weighted by molar-refractivity contribution is 5.95. The molecule has 2 fully saturated rings. The van der Waals surface area contributed by atoms with Gasteiger partial charge in [-0.15, -0.1) is 0 Å². The minimum Gasteiger partial charge on any atom is -0.497 e. The normalized spacial score (nSPS) is 22.9. The number of hydrogen-bond donors (Lipinski definition) is 1. The van der Waals surface area contributed by atoms with Crippen molar-refractivity contribution < 1.29 is 18.8 Å². The first-order valence-electron chi connectivity index (χ1n) is 12.6. The molecule has 2 amide bonds. The van der Waals surface area contributed by atoms with E-state index in [0.717, 1.165) is 31.2 Å². The van der Waals surface area contributed by atoms with Crippen LogP contribution in [0, 0.1) is 5.92 Å². The number of hydrogen-bond acceptors (Lipinski definition) is 7. The summed E-state index contributed by atoms with van der Waals surface area (Å²) in [7, 11) is 1.60. The number of ether oxygens (including phenoxy) is 1. The van der Waals surface area contributed by atoms with Crippen LogP contribution in [0.1, 0.15) is 60.7 Å². The van der Waals surface area contributed by atoms with Crippen LogP contribution in [-0.4, -0.2) is 58.1 Å². The first-order chi connectivity index (χ1) is 17.6. The molecule has 1 aromatic carbocycles.